The van der Waals surface area contributed by atoms with Crippen LogP contribution in [0.2, 0.25) is 0 Å². The van der Waals surface area contributed by atoms with Gasteiger partial charge in [0.15, 0.2) is 0 Å². The molecule has 1 amide bonds. The highest BCUT2D eigenvalue weighted by Crippen LogP contribution is 2.11. The van der Waals surface area contributed by atoms with Crippen LogP contribution in [0.3, 0.4) is 0 Å². The maximum absolute atomic E-state index is 11.6. The number of hydrogen-bond acceptors (Lipinski definition) is 4. The molecule has 0 aliphatic carbocycles. The van der Waals surface area contributed by atoms with Crippen molar-refractivity contribution in [1.82, 2.24) is 10.3 Å². The Kier molecular flexibility index (Phi) is 2.82. The number of aromatic nitrogens is 1. The standard InChI is InChI=1S/C10H10N2O2S/c1-7-11-6-9(15-7)10(13)12-5-8-3-2-4-14-8/h2-4,6H,5H2,1H3,(H,12,13). The van der Waals surface area contributed by atoms with E-state index >= 15 is 0 Å². The quantitative estimate of drug-likeness (QED) is 0.863. The van der Waals surface area contributed by atoms with Gasteiger partial charge in [0.25, 0.3) is 5.91 Å². The van der Waals surface area contributed by atoms with E-state index in [0.717, 1.165) is 10.8 Å². The molecule has 0 unspecified atom stereocenters. The number of aryl methyl sites for hydroxylation is 1. The van der Waals surface area contributed by atoms with E-state index < -0.39 is 0 Å². The van der Waals surface area contributed by atoms with E-state index in [9.17, 15) is 4.79 Å². The highest BCUT2D eigenvalue weighted by atomic mass is 32.1. The average molecular weight is 222 g/mol. The van der Waals surface area contributed by atoms with Crippen molar-refractivity contribution >= 4 is 17.2 Å². The number of carbonyl (C=O) groups is 1. The second kappa shape index (κ2) is 4.27. The Morgan fingerprint density at radius 1 is 1.67 bits per heavy atom. The highest BCUT2D eigenvalue weighted by Gasteiger charge is 2.08. The van der Waals surface area contributed by atoms with Crippen molar-refractivity contribution in [2.45, 2.75) is 13.5 Å². The molecule has 0 spiro atoms. The first-order chi connectivity index (χ1) is 7.25. The van der Waals surface area contributed by atoms with Crippen LogP contribution >= 0.6 is 11.3 Å². The molecule has 0 aliphatic heterocycles. The first-order valence-electron chi connectivity index (χ1n) is 4.49. The van der Waals surface area contributed by atoms with Gasteiger partial charge in [-0.05, 0) is 19.1 Å². The lowest BCUT2D eigenvalue weighted by Gasteiger charge is -1.99. The van der Waals surface area contributed by atoms with Gasteiger partial charge in [0.05, 0.1) is 24.0 Å². The van der Waals surface area contributed by atoms with Crippen LogP contribution in [-0.4, -0.2) is 10.9 Å². The molecule has 0 radical (unpaired) electrons. The van der Waals surface area contributed by atoms with Crippen molar-refractivity contribution in [3.8, 4) is 0 Å². The third kappa shape index (κ3) is 2.44. The molecule has 2 heterocycles. The maximum Gasteiger partial charge on any atom is 0.263 e. The number of carbonyl (C=O) groups excluding carboxylic acids is 1. The second-order valence-electron chi connectivity index (χ2n) is 3.01. The first-order valence-corrected chi connectivity index (χ1v) is 5.30. The summed E-state index contributed by atoms with van der Waals surface area (Å²) in [5.41, 5.74) is 0. The highest BCUT2D eigenvalue weighted by molar-refractivity contribution is 7.13. The van der Waals surface area contributed by atoms with Crippen LogP contribution in [-0.2, 0) is 6.54 Å². The molecule has 0 saturated heterocycles. The number of amides is 1. The topological polar surface area (TPSA) is 55.1 Å². The van der Waals surface area contributed by atoms with Gasteiger partial charge in [-0.3, -0.25) is 4.79 Å². The number of furan rings is 1. The Hall–Kier alpha value is -1.62. The van der Waals surface area contributed by atoms with Gasteiger partial charge < -0.3 is 9.73 Å². The monoisotopic (exact) mass is 222 g/mol. The Morgan fingerprint density at radius 2 is 2.53 bits per heavy atom. The molecular formula is C10H10N2O2S. The molecule has 0 fully saturated rings. The lowest BCUT2D eigenvalue weighted by molar-refractivity contribution is 0.0952. The van der Waals surface area contributed by atoms with Crippen molar-refractivity contribution in [2.75, 3.05) is 0 Å². The smallest absolute Gasteiger partial charge is 0.263 e. The number of hydrogen-bond donors (Lipinski definition) is 1. The zero-order valence-electron chi connectivity index (χ0n) is 8.19. The average Bonchev–Trinajstić information content (AvgIpc) is 2.84. The number of rotatable bonds is 3. The van der Waals surface area contributed by atoms with Crippen LogP contribution in [0.15, 0.2) is 29.0 Å². The van der Waals surface area contributed by atoms with Gasteiger partial charge in [-0.25, -0.2) is 4.98 Å². The second-order valence-corrected chi connectivity index (χ2v) is 4.24. The molecule has 2 rings (SSSR count). The fourth-order valence-electron chi connectivity index (χ4n) is 1.13. The molecule has 2 aromatic rings. The van der Waals surface area contributed by atoms with Crippen LogP contribution < -0.4 is 5.32 Å². The largest absolute Gasteiger partial charge is 0.467 e. The van der Waals surface area contributed by atoms with E-state index in [2.05, 4.69) is 10.3 Å². The molecule has 0 aromatic carbocycles. The van der Waals surface area contributed by atoms with E-state index in [-0.39, 0.29) is 5.91 Å². The summed E-state index contributed by atoms with van der Waals surface area (Å²) < 4.78 is 5.10. The predicted molar refractivity (Wildman–Crippen MR) is 56.7 cm³/mol. The van der Waals surface area contributed by atoms with Crippen molar-refractivity contribution < 1.29 is 9.21 Å². The maximum atomic E-state index is 11.6. The van der Waals surface area contributed by atoms with Gasteiger partial charge in [0.1, 0.15) is 10.6 Å². The summed E-state index contributed by atoms with van der Waals surface area (Å²) in [6, 6.07) is 3.61. The molecule has 1 N–H and O–H groups in total. The summed E-state index contributed by atoms with van der Waals surface area (Å²) in [5, 5.41) is 3.64. The fraction of sp³-hybridized carbons (Fsp3) is 0.200. The van der Waals surface area contributed by atoms with Gasteiger partial charge >= 0.3 is 0 Å². The zero-order valence-corrected chi connectivity index (χ0v) is 9.00. The third-order valence-corrected chi connectivity index (χ3v) is 2.76. The third-order valence-electron chi connectivity index (χ3n) is 1.85. The van der Waals surface area contributed by atoms with Crippen LogP contribution in [0.5, 0.6) is 0 Å². The minimum Gasteiger partial charge on any atom is -0.467 e. The fourth-order valence-corrected chi connectivity index (χ4v) is 1.83. The molecule has 15 heavy (non-hydrogen) atoms. The molecule has 0 bridgehead atoms. The molecule has 5 heteroatoms. The number of nitrogens with zero attached hydrogens (tertiary/aromatic N) is 1. The van der Waals surface area contributed by atoms with Gasteiger partial charge in [0.2, 0.25) is 0 Å². The molecule has 2 aromatic heterocycles. The minimum absolute atomic E-state index is 0.114. The molecule has 0 atom stereocenters. The molecule has 0 aliphatic rings. The summed E-state index contributed by atoms with van der Waals surface area (Å²) >= 11 is 1.38. The van der Waals surface area contributed by atoms with Crippen molar-refractivity contribution in [3.05, 3.63) is 40.2 Å². The Balaban J connectivity index is 1.93. The first kappa shape index (κ1) is 9.92. The lowest BCUT2D eigenvalue weighted by Crippen LogP contribution is -2.21. The van der Waals surface area contributed by atoms with Gasteiger partial charge in [-0.2, -0.15) is 0 Å². The SMILES string of the molecule is Cc1ncc(C(=O)NCc2ccco2)s1. The Morgan fingerprint density at radius 3 is 3.13 bits per heavy atom. The van der Waals surface area contributed by atoms with E-state index in [1.165, 1.54) is 11.3 Å². The predicted octanol–water partition coefficient (Wildman–Crippen LogP) is 1.97. The van der Waals surface area contributed by atoms with E-state index in [4.69, 9.17) is 4.42 Å². The zero-order chi connectivity index (χ0) is 10.7. The Labute approximate surface area is 90.9 Å². The van der Waals surface area contributed by atoms with Crippen LogP contribution in [0.4, 0.5) is 0 Å². The van der Waals surface area contributed by atoms with Crippen LogP contribution in [0.25, 0.3) is 0 Å². The summed E-state index contributed by atoms with van der Waals surface area (Å²) in [6.07, 6.45) is 3.16. The normalized spacial score (nSPS) is 10.2. The molecule has 78 valence electrons. The number of thiazole rings is 1. The minimum atomic E-state index is -0.114. The van der Waals surface area contributed by atoms with Crippen molar-refractivity contribution in [2.24, 2.45) is 0 Å². The summed E-state index contributed by atoms with van der Waals surface area (Å²) in [7, 11) is 0. The van der Waals surface area contributed by atoms with Gasteiger partial charge in [0, 0.05) is 0 Å². The van der Waals surface area contributed by atoms with E-state index in [1.54, 1.807) is 18.5 Å². The molecule has 0 saturated carbocycles. The summed E-state index contributed by atoms with van der Waals surface area (Å²) in [5.74, 6) is 0.626. The molecule has 4 nitrogen and oxygen atoms in total. The lowest BCUT2D eigenvalue weighted by atomic mass is 10.4. The van der Waals surface area contributed by atoms with E-state index in [1.807, 2.05) is 13.0 Å². The molecular weight excluding hydrogens is 212 g/mol. The Bertz CT molecular complexity index is 448. The van der Waals surface area contributed by atoms with Crippen LogP contribution in [0.1, 0.15) is 20.4 Å². The van der Waals surface area contributed by atoms with Crippen molar-refractivity contribution in [3.63, 3.8) is 0 Å². The number of nitrogens with one attached hydrogen (secondary N) is 1. The van der Waals surface area contributed by atoms with Gasteiger partial charge in [-0.15, -0.1) is 11.3 Å². The summed E-state index contributed by atoms with van der Waals surface area (Å²) in [4.78, 5) is 16.2. The van der Waals surface area contributed by atoms with Crippen molar-refractivity contribution in [1.29, 1.82) is 0 Å². The summed E-state index contributed by atoms with van der Waals surface area (Å²) in [6.45, 7) is 2.27. The van der Waals surface area contributed by atoms with Crippen LogP contribution in [0, 0.1) is 6.92 Å². The van der Waals surface area contributed by atoms with E-state index in [0.29, 0.717) is 11.4 Å². The van der Waals surface area contributed by atoms with Gasteiger partial charge in [-0.1, -0.05) is 0 Å².